The van der Waals surface area contributed by atoms with E-state index in [-0.39, 0.29) is 24.7 Å². The summed E-state index contributed by atoms with van der Waals surface area (Å²) in [7, 11) is 3.12. The number of ketones is 1. The maximum Gasteiger partial charge on any atom is 0.329 e. The molecule has 10 nitrogen and oxygen atoms in total. The zero-order valence-electron chi connectivity index (χ0n) is 24.6. The van der Waals surface area contributed by atoms with Gasteiger partial charge in [-0.05, 0) is 83.1 Å². The van der Waals surface area contributed by atoms with Crippen LogP contribution < -0.4 is 0 Å². The molecule has 1 aliphatic heterocycles. The molecule has 2 aliphatic rings. The van der Waals surface area contributed by atoms with Gasteiger partial charge in [0.25, 0.3) is 11.7 Å². The molecule has 8 unspecified atom stereocenters. The van der Waals surface area contributed by atoms with Crippen molar-refractivity contribution >= 4 is 17.7 Å². The van der Waals surface area contributed by atoms with E-state index in [1.165, 1.54) is 12.0 Å². The lowest BCUT2D eigenvalue weighted by molar-refractivity contribution is -0.186. The number of hydrogen-bond donors (Lipinski definition) is 2. The number of amides is 1. The van der Waals surface area contributed by atoms with Gasteiger partial charge < -0.3 is 34.1 Å². The van der Waals surface area contributed by atoms with Crippen molar-refractivity contribution in [3.05, 3.63) is 11.6 Å². The van der Waals surface area contributed by atoms with Crippen molar-refractivity contribution in [2.24, 2.45) is 11.8 Å². The van der Waals surface area contributed by atoms with Gasteiger partial charge in [-0.1, -0.05) is 19.9 Å². The van der Waals surface area contributed by atoms with Crippen molar-refractivity contribution in [1.82, 2.24) is 4.90 Å². The molecule has 0 spiro atoms. The summed E-state index contributed by atoms with van der Waals surface area (Å²) >= 11 is 0. The molecule has 0 aromatic rings. The Hall–Kier alpha value is -1.85. The van der Waals surface area contributed by atoms with E-state index in [9.17, 15) is 24.6 Å². The van der Waals surface area contributed by atoms with Gasteiger partial charge in [0.15, 0.2) is 0 Å². The summed E-state index contributed by atoms with van der Waals surface area (Å²) in [6, 6.07) is -0.912. The Bertz CT molecular complexity index is 845. The van der Waals surface area contributed by atoms with Crippen molar-refractivity contribution in [1.29, 1.82) is 0 Å². The molecule has 0 aromatic carbocycles. The monoisotopic (exact) mass is 555 g/mol. The minimum absolute atomic E-state index is 0.201. The highest BCUT2D eigenvalue weighted by atomic mass is 16.6. The highest BCUT2D eigenvalue weighted by molar-refractivity contribution is 6.37. The number of ether oxygens (including phenoxy) is 4. The fourth-order valence-electron chi connectivity index (χ4n) is 5.37. The van der Waals surface area contributed by atoms with E-state index in [0.29, 0.717) is 44.4 Å². The van der Waals surface area contributed by atoms with E-state index in [0.717, 1.165) is 12.0 Å². The molecule has 2 rings (SSSR count). The number of aliphatic hydroxyl groups is 2. The van der Waals surface area contributed by atoms with Crippen LogP contribution in [0.2, 0.25) is 0 Å². The molecule has 1 aliphatic carbocycles. The van der Waals surface area contributed by atoms with Gasteiger partial charge in [0.2, 0.25) is 6.29 Å². The third-order valence-corrected chi connectivity index (χ3v) is 7.88. The Balaban J connectivity index is 2.00. The normalized spacial score (nSPS) is 27.5. The quantitative estimate of drug-likeness (QED) is 0.152. The van der Waals surface area contributed by atoms with Crippen LogP contribution in [-0.2, 0) is 33.3 Å². The molecule has 2 fully saturated rings. The summed E-state index contributed by atoms with van der Waals surface area (Å²) in [5.41, 5.74) is 0.872. The third-order valence-electron chi connectivity index (χ3n) is 7.88. The van der Waals surface area contributed by atoms with E-state index in [1.807, 2.05) is 20.8 Å². The summed E-state index contributed by atoms with van der Waals surface area (Å²) < 4.78 is 22.0. The summed E-state index contributed by atoms with van der Waals surface area (Å²) in [6.45, 7) is 9.61. The van der Waals surface area contributed by atoms with E-state index in [2.05, 4.69) is 6.08 Å². The van der Waals surface area contributed by atoms with E-state index in [1.54, 1.807) is 21.0 Å². The lowest BCUT2D eigenvalue weighted by atomic mass is 9.84. The Morgan fingerprint density at radius 2 is 1.74 bits per heavy atom. The van der Waals surface area contributed by atoms with Crippen LogP contribution in [0.15, 0.2) is 11.6 Å². The third kappa shape index (κ3) is 9.63. The molecule has 10 heteroatoms. The predicted molar refractivity (Wildman–Crippen MR) is 145 cm³/mol. The van der Waals surface area contributed by atoms with Crippen molar-refractivity contribution < 1.29 is 43.5 Å². The molecule has 1 saturated heterocycles. The number of allylic oxidation sites excluding steroid dienone is 1. The lowest BCUT2D eigenvalue weighted by Gasteiger charge is -2.35. The summed E-state index contributed by atoms with van der Waals surface area (Å²) in [5.74, 6) is -2.14. The Morgan fingerprint density at radius 1 is 1.05 bits per heavy atom. The first kappa shape index (κ1) is 33.4. The fourth-order valence-corrected chi connectivity index (χ4v) is 5.37. The standard InChI is InChI=1S/C29H49NO9/c1-17(2)14-24(36-6)20(5)39-29(35)26(32)27(33)30-13-9-8-10-22(30)28(34)38-19(4)18(3)15-21-11-12-23(31)25(16-21)37-7/h15,17,19-25,29,31,35H,8-14,16H2,1-7H3/b18-15+. The van der Waals surface area contributed by atoms with Crippen LogP contribution in [0.3, 0.4) is 0 Å². The van der Waals surface area contributed by atoms with Crippen molar-refractivity contribution in [2.45, 2.75) is 122 Å². The number of nitrogens with zero attached hydrogens (tertiary/aromatic N) is 1. The molecule has 2 N–H and O–H groups in total. The highest BCUT2D eigenvalue weighted by Gasteiger charge is 2.40. The SMILES string of the molecule is COC1CC(/C=C(\C)C(C)OC(=O)C2CCCCN2C(=O)C(=O)C(O)OC(C)C(CC(C)C)OC)CCC1O. The van der Waals surface area contributed by atoms with Crippen LogP contribution in [0.1, 0.15) is 79.6 Å². The molecule has 0 aromatic heterocycles. The zero-order chi connectivity index (χ0) is 29.3. The molecular weight excluding hydrogens is 506 g/mol. The zero-order valence-corrected chi connectivity index (χ0v) is 24.6. The van der Waals surface area contributed by atoms with Crippen molar-refractivity contribution in [3.63, 3.8) is 0 Å². The van der Waals surface area contributed by atoms with Crippen LogP contribution in [0.4, 0.5) is 0 Å². The van der Waals surface area contributed by atoms with E-state index in [4.69, 9.17) is 18.9 Å². The van der Waals surface area contributed by atoms with Crippen molar-refractivity contribution in [3.8, 4) is 0 Å². The second kappa shape index (κ2) is 15.8. The van der Waals surface area contributed by atoms with Gasteiger partial charge in [0.1, 0.15) is 12.1 Å². The Kier molecular flexibility index (Phi) is 13.5. The van der Waals surface area contributed by atoms with Crippen LogP contribution in [0.25, 0.3) is 0 Å². The van der Waals surface area contributed by atoms with Gasteiger partial charge in [0, 0.05) is 20.8 Å². The van der Waals surface area contributed by atoms with Gasteiger partial charge in [-0.15, -0.1) is 0 Å². The van der Waals surface area contributed by atoms with Gasteiger partial charge in [0.05, 0.1) is 24.4 Å². The second-order valence-corrected chi connectivity index (χ2v) is 11.4. The predicted octanol–water partition coefficient (Wildman–Crippen LogP) is 2.78. The van der Waals surface area contributed by atoms with Gasteiger partial charge in [-0.2, -0.15) is 0 Å². The number of hydrogen-bond acceptors (Lipinski definition) is 9. The topological polar surface area (TPSA) is 132 Å². The first-order valence-electron chi connectivity index (χ1n) is 14.2. The average Bonchev–Trinajstić information content (AvgIpc) is 2.91. The number of esters is 1. The molecule has 1 saturated carbocycles. The molecule has 0 bridgehead atoms. The smallest absolute Gasteiger partial charge is 0.329 e. The molecule has 224 valence electrons. The van der Waals surface area contributed by atoms with Crippen LogP contribution in [0, 0.1) is 11.8 Å². The molecule has 1 amide bonds. The van der Waals surface area contributed by atoms with Gasteiger partial charge in [-0.25, -0.2) is 4.79 Å². The minimum atomic E-state index is -1.95. The maximum atomic E-state index is 13.1. The van der Waals surface area contributed by atoms with Gasteiger partial charge in [-0.3, -0.25) is 9.59 Å². The molecule has 1 heterocycles. The van der Waals surface area contributed by atoms with E-state index >= 15 is 0 Å². The molecule has 0 radical (unpaired) electrons. The number of likely N-dealkylation sites (tertiary alicyclic amines) is 1. The largest absolute Gasteiger partial charge is 0.457 e. The number of Topliss-reactive ketones (excluding diaryl/α,β-unsaturated/α-hetero) is 1. The number of piperidine rings is 1. The molecule has 39 heavy (non-hydrogen) atoms. The average molecular weight is 556 g/mol. The Morgan fingerprint density at radius 3 is 2.36 bits per heavy atom. The molecular formula is C29H49NO9. The second-order valence-electron chi connectivity index (χ2n) is 11.4. The minimum Gasteiger partial charge on any atom is -0.457 e. The summed E-state index contributed by atoms with van der Waals surface area (Å²) in [6.07, 6.45) is 2.46. The first-order chi connectivity index (χ1) is 18.4. The molecule has 8 atom stereocenters. The number of carbonyl (C=O) groups excluding carboxylic acids is 3. The van der Waals surface area contributed by atoms with E-state index < -0.39 is 48.3 Å². The number of aliphatic hydroxyl groups excluding tert-OH is 2. The summed E-state index contributed by atoms with van der Waals surface area (Å²) in [4.78, 5) is 40.2. The fraction of sp³-hybridized carbons (Fsp3) is 0.828. The number of methoxy groups -OCH3 is 2. The number of rotatable bonds is 13. The van der Waals surface area contributed by atoms with Gasteiger partial charge >= 0.3 is 5.97 Å². The highest BCUT2D eigenvalue weighted by Crippen LogP contribution is 2.29. The first-order valence-corrected chi connectivity index (χ1v) is 14.2. The lowest BCUT2D eigenvalue weighted by Crippen LogP contribution is -2.53. The summed E-state index contributed by atoms with van der Waals surface area (Å²) in [5, 5.41) is 20.4. The van der Waals surface area contributed by atoms with Crippen LogP contribution >= 0.6 is 0 Å². The number of carbonyl (C=O) groups is 3. The van der Waals surface area contributed by atoms with Crippen molar-refractivity contribution in [2.75, 3.05) is 20.8 Å². The van der Waals surface area contributed by atoms with Crippen LogP contribution in [-0.4, -0.2) is 96.4 Å². The Labute approximate surface area is 233 Å². The van der Waals surface area contributed by atoms with Crippen LogP contribution in [0.5, 0.6) is 0 Å². The maximum absolute atomic E-state index is 13.1.